The van der Waals surface area contributed by atoms with Crippen molar-refractivity contribution in [2.75, 3.05) is 38.3 Å². The summed E-state index contributed by atoms with van der Waals surface area (Å²) in [7, 11) is -3.09. The van der Waals surface area contributed by atoms with Crippen molar-refractivity contribution in [3.8, 4) is 11.3 Å². The van der Waals surface area contributed by atoms with E-state index >= 15 is 0 Å². The molecule has 8 nitrogen and oxygen atoms in total. The van der Waals surface area contributed by atoms with Crippen LogP contribution in [0.1, 0.15) is 39.2 Å². The molecule has 1 amide bonds. The summed E-state index contributed by atoms with van der Waals surface area (Å²) in [6, 6.07) is 2.46. The fourth-order valence-corrected chi connectivity index (χ4v) is 6.89. The number of alkyl halides is 3. The van der Waals surface area contributed by atoms with Gasteiger partial charge in [0.2, 0.25) is 5.95 Å². The number of benzene rings is 1. The summed E-state index contributed by atoms with van der Waals surface area (Å²) in [6.07, 6.45) is -1.32. The average Bonchev–Trinajstić information content (AvgIpc) is 3.12. The normalized spacial score (nSPS) is 21.3. The monoisotopic (exact) mass is 581 g/mol. The van der Waals surface area contributed by atoms with E-state index in [9.17, 15) is 26.9 Å². The Hall–Kier alpha value is -3.14. The summed E-state index contributed by atoms with van der Waals surface area (Å²) in [5.74, 6) is -0.456. The van der Waals surface area contributed by atoms with Gasteiger partial charge in [-0.05, 0) is 70.4 Å². The van der Waals surface area contributed by atoms with E-state index in [1.54, 1.807) is 4.90 Å². The number of fused-ring (bicyclic) bond motifs is 1. The molecule has 2 aliphatic rings. The van der Waals surface area contributed by atoms with E-state index in [2.05, 4.69) is 20.3 Å². The molecule has 0 radical (unpaired) electrons. The van der Waals surface area contributed by atoms with Crippen LogP contribution in [-0.4, -0.2) is 64.5 Å². The molecule has 216 valence electrons. The SMILES string of the molecule is CC(C)(C)OC(=O)N1CCC2(CC2CNc2ncc(C(F)(F)F)c(-c3c[nH]c4c(P(C)(C)=O)c(F)ccc34)n2)C1. The maximum atomic E-state index is 14.6. The van der Waals surface area contributed by atoms with Gasteiger partial charge in [-0.3, -0.25) is 0 Å². The highest BCUT2D eigenvalue weighted by molar-refractivity contribution is 7.70. The summed E-state index contributed by atoms with van der Waals surface area (Å²) in [5.41, 5.74) is -1.74. The maximum Gasteiger partial charge on any atom is 0.419 e. The Morgan fingerprint density at radius 3 is 2.65 bits per heavy atom. The molecular weight excluding hydrogens is 549 g/mol. The van der Waals surface area contributed by atoms with Crippen LogP contribution in [0.4, 0.5) is 28.3 Å². The summed E-state index contributed by atoms with van der Waals surface area (Å²) in [4.78, 5) is 25.1. The minimum atomic E-state index is -4.74. The lowest BCUT2D eigenvalue weighted by Crippen LogP contribution is -2.35. The summed E-state index contributed by atoms with van der Waals surface area (Å²) < 4.78 is 74.7. The second-order valence-corrected chi connectivity index (χ2v) is 15.3. The Morgan fingerprint density at radius 1 is 1.27 bits per heavy atom. The van der Waals surface area contributed by atoms with Crippen molar-refractivity contribution in [1.29, 1.82) is 0 Å². The number of hydrogen-bond acceptors (Lipinski definition) is 6. The van der Waals surface area contributed by atoms with Crippen molar-refractivity contribution in [3.63, 3.8) is 0 Å². The minimum absolute atomic E-state index is 0.0281. The van der Waals surface area contributed by atoms with Gasteiger partial charge in [0, 0.05) is 43.0 Å². The van der Waals surface area contributed by atoms with E-state index in [4.69, 9.17) is 4.74 Å². The molecule has 2 atom stereocenters. The zero-order valence-electron chi connectivity index (χ0n) is 22.9. The van der Waals surface area contributed by atoms with Gasteiger partial charge >= 0.3 is 12.3 Å². The molecule has 1 saturated carbocycles. The molecule has 2 fully saturated rings. The number of likely N-dealkylation sites (tertiary alicyclic amines) is 1. The van der Waals surface area contributed by atoms with Crippen LogP contribution in [-0.2, 0) is 15.5 Å². The van der Waals surface area contributed by atoms with Gasteiger partial charge in [0.05, 0.1) is 16.5 Å². The molecule has 2 aromatic heterocycles. The maximum absolute atomic E-state index is 14.6. The highest BCUT2D eigenvalue weighted by atomic mass is 31.2. The second-order valence-electron chi connectivity index (χ2n) is 12.1. The second kappa shape index (κ2) is 9.46. The molecule has 0 bridgehead atoms. The minimum Gasteiger partial charge on any atom is -0.444 e. The molecule has 1 aromatic carbocycles. The van der Waals surface area contributed by atoms with Gasteiger partial charge in [0.25, 0.3) is 0 Å². The van der Waals surface area contributed by atoms with Crippen molar-refractivity contribution in [1.82, 2.24) is 19.9 Å². The molecule has 1 saturated heterocycles. The lowest BCUT2D eigenvalue weighted by Gasteiger charge is -2.24. The number of halogens is 4. The molecule has 13 heteroatoms. The zero-order valence-corrected chi connectivity index (χ0v) is 23.8. The first-order valence-corrected chi connectivity index (χ1v) is 15.6. The number of amides is 1. The molecule has 1 spiro atoms. The van der Waals surface area contributed by atoms with Crippen molar-refractivity contribution in [2.45, 2.75) is 45.4 Å². The first-order chi connectivity index (χ1) is 18.5. The number of aromatic amines is 1. The molecule has 1 aliphatic heterocycles. The summed E-state index contributed by atoms with van der Waals surface area (Å²) in [6.45, 7) is 9.86. The van der Waals surface area contributed by atoms with Crippen LogP contribution in [0.25, 0.3) is 22.2 Å². The smallest absolute Gasteiger partial charge is 0.419 e. The van der Waals surface area contributed by atoms with Crippen LogP contribution in [0, 0.1) is 17.2 Å². The predicted octanol–water partition coefficient (Wildman–Crippen LogP) is 6.09. The Morgan fingerprint density at radius 2 is 2.00 bits per heavy atom. The molecule has 40 heavy (non-hydrogen) atoms. The number of nitrogens with one attached hydrogen (secondary N) is 2. The van der Waals surface area contributed by atoms with Crippen LogP contribution in [0.3, 0.4) is 0 Å². The third-order valence-corrected chi connectivity index (χ3v) is 9.08. The van der Waals surface area contributed by atoms with Crippen molar-refractivity contribution in [2.24, 2.45) is 11.3 Å². The molecular formula is C27H32F4N5O3P. The van der Waals surface area contributed by atoms with E-state index < -0.39 is 30.3 Å². The molecule has 5 rings (SSSR count). The number of H-pyrrole nitrogens is 1. The fourth-order valence-electron chi connectivity index (χ4n) is 5.57. The zero-order chi connectivity index (χ0) is 29.3. The van der Waals surface area contributed by atoms with Crippen molar-refractivity contribution >= 4 is 35.4 Å². The van der Waals surface area contributed by atoms with E-state index in [0.717, 1.165) is 25.1 Å². The third kappa shape index (κ3) is 5.42. The van der Waals surface area contributed by atoms with Gasteiger partial charge in [0.1, 0.15) is 24.1 Å². The first-order valence-electron chi connectivity index (χ1n) is 13.0. The Balaban J connectivity index is 1.38. The number of anilines is 1. The number of rotatable bonds is 5. The summed E-state index contributed by atoms with van der Waals surface area (Å²) >= 11 is 0. The Kier molecular flexibility index (Phi) is 6.72. The van der Waals surface area contributed by atoms with Crippen molar-refractivity contribution < 1.29 is 31.7 Å². The van der Waals surface area contributed by atoms with Gasteiger partial charge in [-0.2, -0.15) is 13.2 Å². The largest absolute Gasteiger partial charge is 0.444 e. The average molecular weight is 582 g/mol. The number of carbonyl (C=O) groups is 1. The standard InChI is InChI=1S/C27H32F4N5O3P/c1-25(2,3)39-24(37)36-9-8-26(14-36)10-15(26)11-33-23-34-13-18(27(29,30)31)20(35-23)17-12-32-21-16(17)6-7-19(28)22(21)40(4,5)38/h6-7,12-13,15,32H,8-11,14H2,1-5H3,(H,33,34,35). The Labute approximate surface area is 229 Å². The molecule has 3 heterocycles. The first kappa shape index (κ1) is 28.4. The van der Waals surface area contributed by atoms with Crippen LogP contribution < -0.4 is 10.6 Å². The van der Waals surface area contributed by atoms with E-state index in [1.807, 2.05) is 20.8 Å². The third-order valence-electron chi connectivity index (χ3n) is 7.57. The molecule has 2 N–H and O–H groups in total. The van der Waals surface area contributed by atoms with Gasteiger partial charge in [-0.1, -0.05) is 0 Å². The molecule has 3 aromatic rings. The van der Waals surface area contributed by atoms with Gasteiger partial charge in [-0.15, -0.1) is 0 Å². The highest BCUT2D eigenvalue weighted by Crippen LogP contribution is 2.58. The molecule has 1 aliphatic carbocycles. The number of ether oxygens (including phenoxy) is 1. The van der Waals surface area contributed by atoms with E-state index in [-0.39, 0.29) is 50.8 Å². The molecule has 2 unspecified atom stereocenters. The van der Waals surface area contributed by atoms with E-state index in [1.165, 1.54) is 25.6 Å². The Bertz CT molecular complexity index is 1530. The fraction of sp³-hybridized carbons (Fsp3) is 0.519. The van der Waals surface area contributed by atoms with Crippen LogP contribution >= 0.6 is 7.14 Å². The van der Waals surface area contributed by atoms with E-state index in [0.29, 0.717) is 19.6 Å². The number of hydrogen-bond donors (Lipinski definition) is 2. The number of carbonyl (C=O) groups excluding carboxylic acids is 1. The van der Waals surface area contributed by atoms with Crippen LogP contribution in [0.5, 0.6) is 0 Å². The lowest BCUT2D eigenvalue weighted by atomic mass is 10.0. The van der Waals surface area contributed by atoms with Crippen molar-refractivity contribution in [3.05, 3.63) is 35.9 Å². The van der Waals surface area contributed by atoms with Crippen LogP contribution in [0.15, 0.2) is 24.5 Å². The topological polar surface area (TPSA) is 100 Å². The number of nitrogens with zero attached hydrogens (tertiary/aromatic N) is 3. The van der Waals surface area contributed by atoms with Gasteiger partial charge in [-0.25, -0.2) is 19.2 Å². The van der Waals surface area contributed by atoms with Crippen LogP contribution in [0.2, 0.25) is 0 Å². The predicted molar refractivity (Wildman–Crippen MR) is 145 cm³/mol. The van der Waals surface area contributed by atoms with Gasteiger partial charge in [0.15, 0.2) is 0 Å². The highest BCUT2D eigenvalue weighted by Gasteiger charge is 2.58. The lowest BCUT2D eigenvalue weighted by molar-refractivity contribution is -0.137. The van der Waals surface area contributed by atoms with Gasteiger partial charge < -0.3 is 24.5 Å². The number of aromatic nitrogens is 3. The quantitative estimate of drug-likeness (QED) is 0.280. The summed E-state index contributed by atoms with van der Waals surface area (Å²) in [5, 5.41) is 3.31.